The second-order valence-corrected chi connectivity index (χ2v) is 5.57. The van der Waals surface area contributed by atoms with Crippen molar-refractivity contribution >= 4 is 50.2 Å². The van der Waals surface area contributed by atoms with E-state index >= 15 is 0 Å². The maximum absolute atomic E-state index is 5.87. The summed E-state index contributed by atoms with van der Waals surface area (Å²) in [5.74, 6) is 0. The fraction of sp³-hybridized carbons (Fsp3) is 0.0909. The molecule has 0 saturated carbocycles. The SMILES string of the molecule is Nc1ccsc1CNc1ccc(Cl)cc1Br. The molecule has 0 unspecified atom stereocenters. The summed E-state index contributed by atoms with van der Waals surface area (Å²) in [5, 5.41) is 6.01. The van der Waals surface area contributed by atoms with Crippen molar-refractivity contribution in [1.82, 2.24) is 0 Å². The van der Waals surface area contributed by atoms with Crippen molar-refractivity contribution in [3.05, 3.63) is 44.0 Å². The Hall–Kier alpha value is -0.710. The lowest BCUT2D eigenvalue weighted by Crippen LogP contribution is -2.00. The van der Waals surface area contributed by atoms with E-state index in [1.54, 1.807) is 11.3 Å². The molecule has 2 aromatic rings. The molecule has 0 spiro atoms. The van der Waals surface area contributed by atoms with Crippen molar-refractivity contribution in [3.8, 4) is 0 Å². The lowest BCUT2D eigenvalue weighted by atomic mass is 10.3. The maximum Gasteiger partial charge on any atom is 0.0515 e. The first kappa shape index (κ1) is 11.8. The quantitative estimate of drug-likeness (QED) is 0.883. The number of anilines is 2. The van der Waals surface area contributed by atoms with Gasteiger partial charge in [0.05, 0.1) is 6.54 Å². The molecule has 1 aromatic carbocycles. The zero-order valence-electron chi connectivity index (χ0n) is 8.34. The van der Waals surface area contributed by atoms with Crippen LogP contribution in [0.4, 0.5) is 11.4 Å². The molecule has 2 rings (SSSR count). The van der Waals surface area contributed by atoms with E-state index in [4.69, 9.17) is 17.3 Å². The third kappa shape index (κ3) is 2.70. The van der Waals surface area contributed by atoms with E-state index < -0.39 is 0 Å². The first-order chi connectivity index (χ1) is 7.66. The Morgan fingerprint density at radius 1 is 1.38 bits per heavy atom. The Balaban J connectivity index is 2.08. The van der Waals surface area contributed by atoms with Gasteiger partial charge in [0.15, 0.2) is 0 Å². The molecule has 0 atom stereocenters. The lowest BCUT2D eigenvalue weighted by molar-refractivity contribution is 1.19. The topological polar surface area (TPSA) is 38.0 Å². The molecule has 84 valence electrons. The minimum absolute atomic E-state index is 0.716. The predicted molar refractivity (Wildman–Crippen MR) is 75.2 cm³/mol. The molecule has 0 radical (unpaired) electrons. The molecule has 0 bridgehead atoms. The van der Waals surface area contributed by atoms with E-state index in [0.29, 0.717) is 5.02 Å². The summed E-state index contributed by atoms with van der Waals surface area (Å²) in [6.07, 6.45) is 0. The molecule has 5 heteroatoms. The smallest absolute Gasteiger partial charge is 0.0515 e. The zero-order valence-corrected chi connectivity index (χ0v) is 11.5. The van der Waals surface area contributed by atoms with E-state index in [9.17, 15) is 0 Å². The van der Waals surface area contributed by atoms with E-state index in [2.05, 4.69) is 21.2 Å². The van der Waals surface area contributed by atoms with Crippen molar-refractivity contribution < 1.29 is 0 Å². The molecule has 0 fully saturated rings. The molecule has 0 aliphatic rings. The fourth-order valence-corrected chi connectivity index (χ4v) is 2.86. The number of nitrogen functional groups attached to an aromatic ring is 1. The number of rotatable bonds is 3. The highest BCUT2D eigenvalue weighted by atomic mass is 79.9. The van der Waals surface area contributed by atoms with Crippen LogP contribution in [-0.2, 0) is 6.54 Å². The van der Waals surface area contributed by atoms with Gasteiger partial charge < -0.3 is 11.1 Å². The molecular weight excluding hydrogens is 308 g/mol. The molecule has 16 heavy (non-hydrogen) atoms. The van der Waals surface area contributed by atoms with Crippen LogP contribution in [0.2, 0.25) is 5.02 Å². The average molecular weight is 318 g/mol. The van der Waals surface area contributed by atoms with E-state index in [0.717, 1.165) is 27.3 Å². The van der Waals surface area contributed by atoms with E-state index in [-0.39, 0.29) is 0 Å². The second-order valence-electron chi connectivity index (χ2n) is 3.28. The van der Waals surface area contributed by atoms with Crippen molar-refractivity contribution in [2.24, 2.45) is 0 Å². The van der Waals surface area contributed by atoms with Crippen LogP contribution in [-0.4, -0.2) is 0 Å². The predicted octanol–water partition coefficient (Wildman–Crippen LogP) is 4.36. The van der Waals surface area contributed by atoms with Gasteiger partial charge in [-0.15, -0.1) is 11.3 Å². The Labute approximate surface area is 112 Å². The van der Waals surface area contributed by atoms with Crippen molar-refractivity contribution in [2.75, 3.05) is 11.1 Å². The van der Waals surface area contributed by atoms with Crippen LogP contribution in [0.5, 0.6) is 0 Å². The standard InChI is InChI=1S/C11H10BrClN2S/c12-8-5-7(13)1-2-10(8)15-6-11-9(14)3-4-16-11/h1-5,15H,6,14H2. The highest BCUT2D eigenvalue weighted by Gasteiger charge is 2.03. The van der Waals surface area contributed by atoms with Crippen molar-refractivity contribution in [1.29, 1.82) is 0 Å². The Bertz CT molecular complexity index is 498. The summed E-state index contributed by atoms with van der Waals surface area (Å²) >= 11 is 11.0. The highest BCUT2D eigenvalue weighted by Crippen LogP contribution is 2.27. The van der Waals surface area contributed by atoms with Crippen LogP contribution >= 0.6 is 38.9 Å². The zero-order chi connectivity index (χ0) is 11.5. The van der Waals surface area contributed by atoms with Gasteiger partial charge in [0.1, 0.15) is 0 Å². The Kier molecular flexibility index (Phi) is 3.74. The lowest BCUT2D eigenvalue weighted by Gasteiger charge is -2.08. The maximum atomic E-state index is 5.87. The van der Waals surface area contributed by atoms with Crippen LogP contribution in [0.25, 0.3) is 0 Å². The van der Waals surface area contributed by atoms with Gasteiger partial charge in [-0.05, 0) is 45.6 Å². The highest BCUT2D eigenvalue weighted by molar-refractivity contribution is 9.10. The molecular formula is C11H10BrClN2S. The molecule has 0 aliphatic heterocycles. The summed E-state index contributed by atoms with van der Waals surface area (Å²) in [5.41, 5.74) is 7.65. The van der Waals surface area contributed by atoms with Gasteiger partial charge in [0.2, 0.25) is 0 Å². The van der Waals surface area contributed by atoms with Crippen LogP contribution < -0.4 is 11.1 Å². The number of benzene rings is 1. The van der Waals surface area contributed by atoms with Gasteiger partial charge in [0.25, 0.3) is 0 Å². The number of nitrogens with two attached hydrogens (primary N) is 1. The molecule has 0 saturated heterocycles. The van der Waals surface area contributed by atoms with Gasteiger partial charge in [-0.25, -0.2) is 0 Å². The minimum Gasteiger partial charge on any atom is -0.398 e. The van der Waals surface area contributed by atoms with Crippen molar-refractivity contribution in [3.63, 3.8) is 0 Å². The Morgan fingerprint density at radius 3 is 2.81 bits per heavy atom. The third-order valence-corrected chi connectivity index (χ3v) is 3.98. The summed E-state index contributed by atoms with van der Waals surface area (Å²) in [6.45, 7) is 0.726. The third-order valence-electron chi connectivity index (χ3n) is 2.15. The van der Waals surface area contributed by atoms with Crippen LogP contribution in [0.3, 0.4) is 0 Å². The number of halogens is 2. The van der Waals surface area contributed by atoms with Gasteiger partial charge >= 0.3 is 0 Å². The Morgan fingerprint density at radius 2 is 2.19 bits per heavy atom. The first-order valence-electron chi connectivity index (χ1n) is 4.67. The minimum atomic E-state index is 0.716. The molecule has 1 aromatic heterocycles. The van der Waals surface area contributed by atoms with Gasteiger partial charge in [-0.3, -0.25) is 0 Å². The number of hydrogen-bond donors (Lipinski definition) is 2. The molecule has 3 N–H and O–H groups in total. The number of thiophene rings is 1. The summed E-state index contributed by atoms with van der Waals surface area (Å²) < 4.78 is 0.954. The molecule has 0 aliphatic carbocycles. The normalized spacial score (nSPS) is 10.4. The molecule has 1 heterocycles. The van der Waals surface area contributed by atoms with E-state index in [1.165, 1.54) is 0 Å². The van der Waals surface area contributed by atoms with Crippen LogP contribution in [0.1, 0.15) is 4.88 Å². The molecule has 0 amide bonds. The monoisotopic (exact) mass is 316 g/mol. The number of nitrogens with one attached hydrogen (secondary N) is 1. The van der Waals surface area contributed by atoms with Gasteiger partial charge in [-0.1, -0.05) is 11.6 Å². The number of hydrogen-bond acceptors (Lipinski definition) is 3. The summed E-state index contributed by atoms with van der Waals surface area (Å²) in [7, 11) is 0. The van der Waals surface area contributed by atoms with E-state index in [1.807, 2.05) is 29.6 Å². The second kappa shape index (κ2) is 5.08. The molecule has 2 nitrogen and oxygen atoms in total. The van der Waals surface area contributed by atoms with Crippen LogP contribution in [0, 0.1) is 0 Å². The van der Waals surface area contributed by atoms with Crippen LogP contribution in [0.15, 0.2) is 34.1 Å². The largest absolute Gasteiger partial charge is 0.398 e. The fourth-order valence-electron chi connectivity index (χ4n) is 1.30. The van der Waals surface area contributed by atoms with Gasteiger partial charge in [0, 0.05) is 25.7 Å². The van der Waals surface area contributed by atoms with Gasteiger partial charge in [-0.2, -0.15) is 0 Å². The summed E-state index contributed by atoms with van der Waals surface area (Å²) in [4.78, 5) is 1.14. The van der Waals surface area contributed by atoms with Crippen molar-refractivity contribution in [2.45, 2.75) is 6.54 Å². The summed E-state index contributed by atoms with van der Waals surface area (Å²) in [6, 6.07) is 7.57. The first-order valence-corrected chi connectivity index (χ1v) is 6.72. The average Bonchev–Trinajstić information content (AvgIpc) is 2.63.